The van der Waals surface area contributed by atoms with Crippen molar-refractivity contribution >= 4 is 16.1 Å². The van der Waals surface area contributed by atoms with Gasteiger partial charge in [0.15, 0.2) is 0 Å². The number of likely N-dealkylation sites (tertiary alicyclic amines) is 1. The van der Waals surface area contributed by atoms with E-state index >= 15 is 0 Å². The second kappa shape index (κ2) is 7.67. The largest absolute Gasteiger partial charge is 0.481 e. The molecule has 0 aromatic carbocycles. The maximum Gasteiger partial charge on any atom is 0.279 e. The summed E-state index contributed by atoms with van der Waals surface area (Å²) < 4.78 is 33.3. The minimum absolute atomic E-state index is 0.0439. The van der Waals surface area contributed by atoms with Crippen LogP contribution in [-0.4, -0.2) is 68.9 Å². The highest BCUT2D eigenvalue weighted by atomic mass is 32.2. The van der Waals surface area contributed by atoms with Gasteiger partial charge in [0.1, 0.15) is 0 Å². The monoisotopic (exact) mass is 370 g/mol. The van der Waals surface area contributed by atoms with Crippen molar-refractivity contribution in [2.45, 2.75) is 19.9 Å². The van der Waals surface area contributed by atoms with Crippen LogP contribution < -0.4 is 9.46 Å². The minimum Gasteiger partial charge on any atom is -0.481 e. The highest BCUT2D eigenvalue weighted by Gasteiger charge is 2.39. The molecule has 1 fully saturated rings. The number of carbonyl (C=O) groups is 1. The molecule has 2 heterocycles. The Bertz CT molecular complexity index is 721. The molecule has 1 aromatic rings. The Kier molecular flexibility index (Phi) is 6.02. The molecular formula is C16H26N4O4S. The van der Waals surface area contributed by atoms with Crippen molar-refractivity contribution in [2.24, 2.45) is 11.8 Å². The summed E-state index contributed by atoms with van der Waals surface area (Å²) in [6.07, 6.45) is 1.52. The smallest absolute Gasteiger partial charge is 0.279 e. The lowest BCUT2D eigenvalue weighted by Gasteiger charge is -2.24. The molecule has 1 aliphatic heterocycles. The summed E-state index contributed by atoms with van der Waals surface area (Å²) >= 11 is 0. The molecule has 1 saturated heterocycles. The highest BCUT2D eigenvalue weighted by Crippen LogP contribution is 2.27. The van der Waals surface area contributed by atoms with Crippen LogP contribution in [0.5, 0.6) is 5.88 Å². The number of aromatic nitrogens is 1. The van der Waals surface area contributed by atoms with Gasteiger partial charge in [0.2, 0.25) is 5.88 Å². The zero-order valence-corrected chi connectivity index (χ0v) is 16.1. The molecule has 8 nitrogen and oxygen atoms in total. The molecule has 1 aromatic heterocycles. The fourth-order valence-electron chi connectivity index (χ4n) is 2.93. The molecule has 9 heteroatoms. The van der Waals surface area contributed by atoms with Crippen LogP contribution in [0.1, 0.15) is 24.2 Å². The van der Waals surface area contributed by atoms with Crippen molar-refractivity contribution in [1.82, 2.24) is 18.9 Å². The second-order valence-corrected chi connectivity index (χ2v) is 8.63. The van der Waals surface area contributed by atoms with E-state index in [-0.39, 0.29) is 23.8 Å². The summed E-state index contributed by atoms with van der Waals surface area (Å²) in [6.45, 7) is 4.90. The molecule has 1 aliphatic rings. The van der Waals surface area contributed by atoms with Crippen molar-refractivity contribution in [3.8, 4) is 5.88 Å². The van der Waals surface area contributed by atoms with Crippen LogP contribution in [0.2, 0.25) is 0 Å². The normalized spacial score (nSPS) is 21.2. The SMILES string of the molecule is COc1cc(C(=O)N2CC(NS(=O)(=O)N(C)C)C(C(C)C)C2)ccn1. The molecule has 0 spiro atoms. The molecule has 1 N–H and O–H groups in total. The number of hydrogen-bond acceptors (Lipinski definition) is 5. The average Bonchev–Trinajstić information content (AvgIpc) is 2.97. The lowest BCUT2D eigenvalue weighted by atomic mass is 9.92. The fraction of sp³-hybridized carbons (Fsp3) is 0.625. The van der Waals surface area contributed by atoms with Crippen LogP contribution in [0.25, 0.3) is 0 Å². The molecule has 0 bridgehead atoms. The number of methoxy groups -OCH3 is 1. The van der Waals surface area contributed by atoms with E-state index in [9.17, 15) is 13.2 Å². The van der Waals surface area contributed by atoms with E-state index in [0.29, 0.717) is 24.5 Å². The molecule has 2 atom stereocenters. The van der Waals surface area contributed by atoms with Gasteiger partial charge in [-0.1, -0.05) is 13.8 Å². The van der Waals surface area contributed by atoms with Gasteiger partial charge in [-0.25, -0.2) is 4.98 Å². The number of amides is 1. The first kappa shape index (κ1) is 19.6. The Balaban J connectivity index is 2.19. The Morgan fingerprint density at radius 2 is 2.08 bits per heavy atom. The van der Waals surface area contributed by atoms with Crippen LogP contribution in [-0.2, 0) is 10.2 Å². The van der Waals surface area contributed by atoms with Gasteiger partial charge in [0, 0.05) is 51.1 Å². The Morgan fingerprint density at radius 3 is 2.64 bits per heavy atom. The quantitative estimate of drug-likeness (QED) is 0.791. The number of carbonyl (C=O) groups excluding carboxylic acids is 1. The molecule has 1 amide bonds. The lowest BCUT2D eigenvalue weighted by molar-refractivity contribution is 0.0782. The molecule has 2 rings (SSSR count). The summed E-state index contributed by atoms with van der Waals surface area (Å²) in [7, 11) is 0.896. The summed E-state index contributed by atoms with van der Waals surface area (Å²) in [5.41, 5.74) is 0.477. The van der Waals surface area contributed by atoms with Gasteiger partial charge in [-0.2, -0.15) is 17.4 Å². The number of hydrogen-bond donors (Lipinski definition) is 1. The highest BCUT2D eigenvalue weighted by molar-refractivity contribution is 7.87. The van der Waals surface area contributed by atoms with Crippen molar-refractivity contribution in [1.29, 1.82) is 0 Å². The maximum atomic E-state index is 12.8. The molecule has 0 saturated carbocycles. The van der Waals surface area contributed by atoms with Crippen LogP contribution in [0.4, 0.5) is 0 Å². The number of ether oxygens (including phenoxy) is 1. The summed E-state index contributed by atoms with van der Waals surface area (Å²) in [5, 5.41) is 0. The lowest BCUT2D eigenvalue weighted by Crippen LogP contribution is -2.46. The molecule has 0 radical (unpaired) electrons. The third-order valence-electron chi connectivity index (χ3n) is 4.48. The molecule has 25 heavy (non-hydrogen) atoms. The zero-order valence-electron chi connectivity index (χ0n) is 15.3. The van der Waals surface area contributed by atoms with E-state index in [2.05, 4.69) is 9.71 Å². The van der Waals surface area contributed by atoms with Gasteiger partial charge in [-0.15, -0.1) is 0 Å². The van der Waals surface area contributed by atoms with Crippen LogP contribution in [0, 0.1) is 11.8 Å². The average molecular weight is 370 g/mol. The van der Waals surface area contributed by atoms with Gasteiger partial charge in [-0.3, -0.25) is 4.79 Å². The summed E-state index contributed by atoms with van der Waals surface area (Å²) in [4.78, 5) is 18.5. The predicted octanol–water partition coefficient (Wildman–Crippen LogP) is 0.583. The van der Waals surface area contributed by atoms with Gasteiger partial charge in [0.05, 0.1) is 7.11 Å². The molecule has 0 aliphatic carbocycles. The minimum atomic E-state index is -3.56. The number of nitrogens with zero attached hydrogens (tertiary/aromatic N) is 3. The van der Waals surface area contributed by atoms with E-state index in [4.69, 9.17) is 4.74 Å². The first-order valence-electron chi connectivity index (χ1n) is 8.14. The van der Waals surface area contributed by atoms with Crippen LogP contribution in [0.3, 0.4) is 0 Å². The molecular weight excluding hydrogens is 344 g/mol. The second-order valence-electron chi connectivity index (χ2n) is 6.72. The van der Waals surface area contributed by atoms with Crippen LogP contribution >= 0.6 is 0 Å². The summed E-state index contributed by atoms with van der Waals surface area (Å²) in [5.74, 6) is 0.496. The Labute approximate surface area is 149 Å². The van der Waals surface area contributed by atoms with Crippen molar-refractivity contribution in [3.63, 3.8) is 0 Å². The standard InChI is InChI=1S/C16H26N4O4S/c1-11(2)13-9-20(10-14(13)18-25(22,23)19(3)4)16(21)12-6-7-17-15(8-12)24-5/h6-8,11,13-14,18H,9-10H2,1-5H3. The maximum absolute atomic E-state index is 12.8. The van der Waals surface area contributed by atoms with Gasteiger partial charge in [-0.05, 0) is 17.9 Å². The Morgan fingerprint density at radius 1 is 1.40 bits per heavy atom. The van der Waals surface area contributed by atoms with Gasteiger partial charge < -0.3 is 9.64 Å². The number of nitrogens with one attached hydrogen (secondary N) is 1. The topological polar surface area (TPSA) is 91.8 Å². The van der Waals surface area contributed by atoms with E-state index in [0.717, 1.165) is 4.31 Å². The fourth-order valence-corrected chi connectivity index (χ4v) is 3.77. The zero-order chi connectivity index (χ0) is 18.8. The number of rotatable bonds is 6. The predicted molar refractivity (Wildman–Crippen MR) is 94.6 cm³/mol. The molecule has 140 valence electrons. The van der Waals surface area contributed by atoms with E-state index < -0.39 is 10.2 Å². The van der Waals surface area contributed by atoms with Crippen molar-refractivity contribution < 1.29 is 17.9 Å². The third kappa shape index (κ3) is 4.47. The van der Waals surface area contributed by atoms with Gasteiger partial charge >= 0.3 is 0 Å². The third-order valence-corrected chi connectivity index (χ3v) is 6.04. The van der Waals surface area contributed by atoms with Crippen molar-refractivity contribution in [2.75, 3.05) is 34.3 Å². The van der Waals surface area contributed by atoms with E-state index in [1.807, 2.05) is 13.8 Å². The Hall–Kier alpha value is -1.71. The first-order valence-corrected chi connectivity index (χ1v) is 9.58. The van der Waals surface area contributed by atoms with E-state index in [1.165, 1.54) is 27.4 Å². The van der Waals surface area contributed by atoms with Crippen molar-refractivity contribution in [3.05, 3.63) is 23.9 Å². The molecule has 2 unspecified atom stereocenters. The summed E-state index contributed by atoms with van der Waals surface area (Å²) in [6, 6.07) is 2.90. The van der Waals surface area contributed by atoms with Crippen LogP contribution in [0.15, 0.2) is 18.3 Å². The number of pyridine rings is 1. The van der Waals surface area contributed by atoms with E-state index in [1.54, 1.807) is 17.0 Å². The first-order chi connectivity index (χ1) is 11.7. The van der Waals surface area contributed by atoms with Gasteiger partial charge in [0.25, 0.3) is 16.1 Å².